The van der Waals surface area contributed by atoms with E-state index in [0.717, 1.165) is 16.8 Å². The Kier molecular flexibility index (Phi) is 7.80. The fraction of sp³-hybridized carbons (Fsp3) is 0.476. The van der Waals surface area contributed by atoms with E-state index in [0.29, 0.717) is 44.0 Å². The predicted molar refractivity (Wildman–Crippen MR) is 117 cm³/mol. The van der Waals surface area contributed by atoms with Crippen LogP contribution in [0.5, 0.6) is 0 Å². The van der Waals surface area contributed by atoms with E-state index >= 15 is 0 Å². The molecule has 1 atom stereocenters. The SMILES string of the molecule is COC(=O)CCc1ccc(Nc2ncnc3c2CN(CC(=O)S(=O)C(C)C)CC3)nc1. The number of rotatable bonds is 8. The summed E-state index contributed by atoms with van der Waals surface area (Å²) in [6, 6.07) is 3.73. The van der Waals surface area contributed by atoms with Gasteiger partial charge in [0.05, 0.1) is 30.1 Å². The number of carbonyl (C=O) groups excluding carboxylic acids is 2. The van der Waals surface area contributed by atoms with Crippen LogP contribution in [-0.4, -0.2) is 60.6 Å². The van der Waals surface area contributed by atoms with Crippen LogP contribution in [-0.2, 0) is 44.5 Å². The molecule has 10 heteroatoms. The number of ether oxygens (including phenoxy) is 1. The molecular formula is C21H27N5O4S. The van der Waals surface area contributed by atoms with Gasteiger partial charge in [-0.25, -0.2) is 15.0 Å². The second kappa shape index (κ2) is 10.5. The lowest BCUT2D eigenvalue weighted by molar-refractivity contribution is -0.140. The minimum absolute atomic E-state index is 0.145. The number of aryl methyl sites for hydroxylation is 1. The topological polar surface area (TPSA) is 114 Å². The zero-order valence-electron chi connectivity index (χ0n) is 18.0. The summed E-state index contributed by atoms with van der Waals surface area (Å²) in [5, 5.41) is 2.78. The molecule has 3 rings (SSSR count). The summed E-state index contributed by atoms with van der Waals surface area (Å²) in [4.78, 5) is 38.7. The van der Waals surface area contributed by atoms with Gasteiger partial charge in [0, 0.05) is 42.9 Å². The van der Waals surface area contributed by atoms with Gasteiger partial charge in [-0.3, -0.25) is 18.7 Å². The molecule has 0 amide bonds. The first-order valence-electron chi connectivity index (χ1n) is 10.1. The number of aromatic nitrogens is 3. The molecule has 0 saturated heterocycles. The van der Waals surface area contributed by atoms with E-state index in [4.69, 9.17) is 0 Å². The highest BCUT2D eigenvalue weighted by Crippen LogP contribution is 2.25. The lowest BCUT2D eigenvalue weighted by Crippen LogP contribution is -2.37. The molecule has 0 radical (unpaired) electrons. The average molecular weight is 446 g/mol. The third-order valence-corrected chi connectivity index (χ3v) is 6.44. The van der Waals surface area contributed by atoms with Crippen LogP contribution >= 0.6 is 0 Å². The van der Waals surface area contributed by atoms with Crippen molar-refractivity contribution in [1.29, 1.82) is 0 Å². The Bertz CT molecular complexity index is 965. The number of hydrogen-bond acceptors (Lipinski definition) is 9. The minimum Gasteiger partial charge on any atom is -0.469 e. The monoisotopic (exact) mass is 445 g/mol. The Morgan fingerprint density at radius 3 is 2.74 bits per heavy atom. The number of carbonyl (C=O) groups is 2. The van der Waals surface area contributed by atoms with Crippen LogP contribution in [0.1, 0.15) is 37.1 Å². The fourth-order valence-corrected chi connectivity index (χ4v) is 4.10. The van der Waals surface area contributed by atoms with Crippen molar-refractivity contribution >= 4 is 33.5 Å². The van der Waals surface area contributed by atoms with E-state index in [1.54, 1.807) is 20.0 Å². The highest BCUT2D eigenvalue weighted by Gasteiger charge is 2.25. The molecule has 3 heterocycles. The van der Waals surface area contributed by atoms with Gasteiger partial charge in [0.1, 0.15) is 18.0 Å². The number of anilines is 2. The first-order valence-corrected chi connectivity index (χ1v) is 11.4. The Hall–Kier alpha value is -2.72. The van der Waals surface area contributed by atoms with Crippen molar-refractivity contribution in [3.63, 3.8) is 0 Å². The van der Waals surface area contributed by atoms with Crippen LogP contribution < -0.4 is 5.32 Å². The molecule has 0 spiro atoms. The number of nitrogens with zero attached hydrogens (tertiary/aromatic N) is 4. The van der Waals surface area contributed by atoms with Gasteiger partial charge in [-0.15, -0.1) is 0 Å². The third-order valence-electron chi connectivity index (χ3n) is 5.00. The number of fused-ring (bicyclic) bond motifs is 1. The van der Waals surface area contributed by atoms with Crippen molar-refractivity contribution in [2.45, 2.75) is 44.9 Å². The van der Waals surface area contributed by atoms with E-state index in [1.807, 2.05) is 17.0 Å². The van der Waals surface area contributed by atoms with Gasteiger partial charge in [0.15, 0.2) is 0 Å². The van der Waals surface area contributed by atoms with E-state index in [2.05, 4.69) is 25.0 Å². The standard InChI is InChI=1S/C21H27N5O4S/c1-14(2)31(29)20(28)12-26-9-8-17-16(11-26)21(24-13-23-17)25-18-6-4-15(10-22-18)5-7-19(27)30-3/h4,6,10,13-14H,5,7-9,11-12H2,1-3H3,(H,22,23,24,25). The maximum atomic E-state index is 12.3. The van der Waals surface area contributed by atoms with Gasteiger partial charge < -0.3 is 10.1 Å². The molecule has 1 aliphatic rings. The molecule has 1 unspecified atom stereocenters. The van der Waals surface area contributed by atoms with Crippen molar-refractivity contribution < 1.29 is 18.5 Å². The van der Waals surface area contributed by atoms with Gasteiger partial charge in [0.25, 0.3) is 0 Å². The molecule has 0 aromatic carbocycles. The molecule has 2 aromatic rings. The van der Waals surface area contributed by atoms with Crippen molar-refractivity contribution in [3.8, 4) is 0 Å². The van der Waals surface area contributed by atoms with Gasteiger partial charge in [0.2, 0.25) is 5.12 Å². The Balaban J connectivity index is 1.67. The van der Waals surface area contributed by atoms with Crippen LogP contribution in [0.2, 0.25) is 0 Å². The van der Waals surface area contributed by atoms with E-state index < -0.39 is 10.8 Å². The predicted octanol–water partition coefficient (Wildman–Crippen LogP) is 1.76. The molecule has 1 N–H and O–H groups in total. The normalized spacial score (nSPS) is 14.7. The first kappa shape index (κ1) is 23.0. The number of hydrogen-bond donors (Lipinski definition) is 1. The number of pyridine rings is 1. The number of nitrogens with one attached hydrogen (secondary N) is 1. The average Bonchev–Trinajstić information content (AvgIpc) is 2.78. The van der Waals surface area contributed by atoms with Crippen LogP contribution in [0.4, 0.5) is 11.6 Å². The molecule has 0 aliphatic carbocycles. The minimum atomic E-state index is -1.49. The van der Waals surface area contributed by atoms with Gasteiger partial charge in [-0.2, -0.15) is 0 Å². The fourth-order valence-electron chi connectivity index (χ4n) is 3.26. The molecule has 0 bridgehead atoms. The maximum Gasteiger partial charge on any atom is 0.305 e. The van der Waals surface area contributed by atoms with Crippen LogP contribution in [0, 0.1) is 0 Å². The summed E-state index contributed by atoms with van der Waals surface area (Å²) in [5.74, 6) is 1.01. The molecule has 9 nitrogen and oxygen atoms in total. The van der Waals surface area contributed by atoms with Crippen molar-refractivity contribution in [2.24, 2.45) is 0 Å². The molecular weight excluding hydrogens is 418 g/mol. The van der Waals surface area contributed by atoms with Crippen LogP contribution in [0.3, 0.4) is 0 Å². The van der Waals surface area contributed by atoms with Crippen LogP contribution in [0.25, 0.3) is 0 Å². The smallest absolute Gasteiger partial charge is 0.305 e. The Morgan fingerprint density at radius 2 is 2.06 bits per heavy atom. The highest BCUT2D eigenvalue weighted by molar-refractivity contribution is 8.00. The zero-order chi connectivity index (χ0) is 22.4. The highest BCUT2D eigenvalue weighted by atomic mass is 32.2. The lowest BCUT2D eigenvalue weighted by atomic mass is 10.1. The second-order valence-corrected chi connectivity index (χ2v) is 9.57. The summed E-state index contributed by atoms with van der Waals surface area (Å²) in [6.07, 6.45) is 4.78. The molecule has 0 fully saturated rings. The maximum absolute atomic E-state index is 12.3. The summed E-state index contributed by atoms with van der Waals surface area (Å²) >= 11 is 0. The van der Waals surface area contributed by atoms with Gasteiger partial charge >= 0.3 is 5.97 Å². The molecule has 1 aliphatic heterocycles. The third kappa shape index (κ3) is 6.14. The molecule has 2 aromatic heterocycles. The Morgan fingerprint density at radius 1 is 1.26 bits per heavy atom. The van der Waals surface area contributed by atoms with E-state index in [9.17, 15) is 13.8 Å². The quantitative estimate of drug-likeness (QED) is 0.607. The molecule has 0 saturated carbocycles. The van der Waals surface area contributed by atoms with E-state index in [1.165, 1.54) is 13.4 Å². The molecule has 166 valence electrons. The largest absolute Gasteiger partial charge is 0.469 e. The van der Waals surface area contributed by atoms with Crippen molar-refractivity contribution in [2.75, 3.05) is 25.5 Å². The summed E-state index contributed by atoms with van der Waals surface area (Å²) in [6.45, 7) is 4.88. The number of methoxy groups -OCH3 is 1. The second-order valence-electron chi connectivity index (χ2n) is 7.58. The summed E-state index contributed by atoms with van der Waals surface area (Å²) in [7, 11) is -0.115. The summed E-state index contributed by atoms with van der Waals surface area (Å²) in [5.41, 5.74) is 2.78. The van der Waals surface area contributed by atoms with E-state index in [-0.39, 0.29) is 22.9 Å². The zero-order valence-corrected chi connectivity index (χ0v) is 18.8. The lowest BCUT2D eigenvalue weighted by Gasteiger charge is -2.28. The first-order chi connectivity index (χ1) is 14.9. The molecule has 31 heavy (non-hydrogen) atoms. The Labute approximate surface area is 184 Å². The van der Waals surface area contributed by atoms with Crippen molar-refractivity contribution in [3.05, 3.63) is 41.5 Å². The van der Waals surface area contributed by atoms with Gasteiger partial charge in [-0.05, 0) is 18.1 Å². The van der Waals surface area contributed by atoms with Gasteiger partial charge in [-0.1, -0.05) is 19.9 Å². The summed E-state index contributed by atoms with van der Waals surface area (Å²) < 4.78 is 16.7. The number of esters is 1. The van der Waals surface area contributed by atoms with Crippen molar-refractivity contribution in [1.82, 2.24) is 19.9 Å². The van der Waals surface area contributed by atoms with Crippen LogP contribution in [0.15, 0.2) is 24.7 Å².